The van der Waals surface area contributed by atoms with Crippen molar-refractivity contribution in [1.29, 1.82) is 0 Å². The van der Waals surface area contributed by atoms with Gasteiger partial charge in [-0.1, -0.05) is 17.7 Å². The molecule has 0 aromatic heterocycles. The highest BCUT2D eigenvalue weighted by atomic mass is 16.5. The topological polar surface area (TPSA) is 138 Å². The molecule has 238 valence electrons. The van der Waals surface area contributed by atoms with Gasteiger partial charge in [0.1, 0.15) is 11.5 Å². The van der Waals surface area contributed by atoms with Crippen LogP contribution in [0.1, 0.15) is 58.9 Å². The van der Waals surface area contributed by atoms with Crippen LogP contribution in [0.3, 0.4) is 0 Å². The molecule has 2 saturated heterocycles. The number of methoxy groups -OCH3 is 1. The predicted molar refractivity (Wildman–Crippen MR) is 170 cm³/mol. The van der Waals surface area contributed by atoms with Crippen LogP contribution >= 0.6 is 0 Å². The zero-order valence-corrected chi connectivity index (χ0v) is 26.0. The van der Waals surface area contributed by atoms with Gasteiger partial charge in [-0.15, -0.1) is 0 Å². The number of amides is 4. The van der Waals surface area contributed by atoms with Crippen molar-refractivity contribution in [1.82, 2.24) is 0 Å². The number of Topliss-reactive ketones (excluding diaryl/α,β-unsaturated/α-hetero) is 2. The third kappa shape index (κ3) is 4.61. The molecule has 4 aliphatic rings. The van der Waals surface area contributed by atoms with Gasteiger partial charge in [-0.05, 0) is 87.2 Å². The summed E-state index contributed by atoms with van der Waals surface area (Å²) in [5.74, 6) is -5.72. The van der Waals surface area contributed by atoms with E-state index in [-0.39, 0.29) is 42.0 Å². The van der Waals surface area contributed by atoms with Crippen LogP contribution in [0.2, 0.25) is 0 Å². The van der Waals surface area contributed by atoms with Gasteiger partial charge in [-0.25, -0.2) is 0 Å². The number of phenols is 1. The van der Waals surface area contributed by atoms with E-state index in [4.69, 9.17) is 4.74 Å². The summed E-state index contributed by atoms with van der Waals surface area (Å²) in [6.45, 7) is 2.88. The minimum Gasteiger partial charge on any atom is -0.508 e. The molecule has 0 spiro atoms. The van der Waals surface area contributed by atoms with Gasteiger partial charge >= 0.3 is 0 Å². The number of benzene rings is 3. The highest BCUT2D eigenvalue weighted by Crippen LogP contribution is 2.59. The Morgan fingerprint density at radius 2 is 1.23 bits per heavy atom. The molecule has 2 aliphatic carbocycles. The molecule has 47 heavy (non-hydrogen) atoms. The third-order valence-corrected chi connectivity index (χ3v) is 10.3. The first-order valence-electron chi connectivity index (χ1n) is 15.6. The first-order chi connectivity index (χ1) is 22.5. The standard InChI is InChI=1S/C37H32N2O8/c1-18(40)20-4-8-22(9-5-20)38-34(43)27-15-14-25-28(32(27)36(38)45)17-29-33(31(25)26-13-12-24(42)16-30(26)47-3)37(46)39(35(29)44)23-10-6-21(7-11-23)19(2)41/h4-14,16,27-29,31-33,42H,15,17H2,1-3H3/t27-,28+,29+,31+,32-,33+/m0/s1. The Hall–Kier alpha value is -5.38. The van der Waals surface area contributed by atoms with Gasteiger partial charge in [0.25, 0.3) is 0 Å². The van der Waals surface area contributed by atoms with Crippen LogP contribution in [0.25, 0.3) is 0 Å². The lowest BCUT2D eigenvalue weighted by molar-refractivity contribution is -0.126. The minimum atomic E-state index is -0.824. The number of fused-ring (bicyclic) bond motifs is 4. The van der Waals surface area contributed by atoms with Crippen molar-refractivity contribution in [3.8, 4) is 11.5 Å². The van der Waals surface area contributed by atoms with Crippen LogP contribution in [0.4, 0.5) is 11.4 Å². The Morgan fingerprint density at radius 1 is 0.702 bits per heavy atom. The molecule has 4 amide bonds. The molecule has 0 unspecified atom stereocenters. The molecule has 3 aromatic rings. The monoisotopic (exact) mass is 632 g/mol. The smallest absolute Gasteiger partial charge is 0.238 e. The second-order valence-electron chi connectivity index (χ2n) is 12.7. The average molecular weight is 633 g/mol. The Morgan fingerprint density at radius 3 is 1.77 bits per heavy atom. The Balaban J connectivity index is 1.32. The molecule has 0 bridgehead atoms. The van der Waals surface area contributed by atoms with Gasteiger partial charge < -0.3 is 9.84 Å². The molecule has 2 heterocycles. The van der Waals surface area contributed by atoms with E-state index >= 15 is 0 Å². The van der Waals surface area contributed by atoms with E-state index in [1.807, 2.05) is 6.08 Å². The number of nitrogens with zero attached hydrogens (tertiary/aromatic N) is 2. The van der Waals surface area contributed by atoms with Gasteiger partial charge in [0.15, 0.2) is 11.6 Å². The number of carbonyl (C=O) groups is 6. The number of imide groups is 2. The van der Waals surface area contributed by atoms with Gasteiger partial charge in [0.05, 0.1) is 42.2 Å². The summed E-state index contributed by atoms with van der Waals surface area (Å²) in [6.07, 6.45) is 2.40. The van der Waals surface area contributed by atoms with Crippen molar-refractivity contribution in [2.75, 3.05) is 16.9 Å². The third-order valence-electron chi connectivity index (χ3n) is 10.3. The fourth-order valence-corrected chi connectivity index (χ4v) is 8.09. The molecule has 6 atom stereocenters. The number of anilines is 2. The maximum atomic E-state index is 14.3. The molecule has 3 fully saturated rings. The van der Waals surface area contributed by atoms with E-state index in [0.29, 0.717) is 33.8 Å². The number of rotatable bonds is 6. The van der Waals surface area contributed by atoms with E-state index in [9.17, 15) is 33.9 Å². The van der Waals surface area contributed by atoms with E-state index in [1.54, 1.807) is 54.6 Å². The molecule has 1 saturated carbocycles. The zero-order valence-electron chi connectivity index (χ0n) is 26.0. The van der Waals surface area contributed by atoms with E-state index in [2.05, 4.69) is 0 Å². The fraction of sp³-hybridized carbons (Fsp3) is 0.297. The molecule has 3 aromatic carbocycles. The lowest BCUT2D eigenvalue weighted by Crippen LogP contribution is -2.43. The lowest BCUT2D eigenvalue weighted by atomic mass is 9.57. The maximum absolute atomic E-state index is 14.3. The normalized spacial score (nSPS) is 26.5. The number of phenolic OH excluding ortho intramolecular Hbond substituents is 1. The van der Waals surface area contributed by atoms with Crippen LogP contribution in [0.15, 0.2) is 78.4 Å². The lowest BCUT2D eigenvalue weighted by Gasteiger charge is -2.44. The van der Waals surface area contributed by atoms with Crippen molar-refractivity contribution >= 4 is 46.6 Å². The van der Waals surface area contributed by atoms with Crippen LogP contribution in [-0.2, 0) is 19.2 Å². The van der Waals surface area contributed by atoms with Crippen molar-refractivity contribution in [3.63, 3.8) is 0 Å². The molecular formula is C37H32N2O8. The molecule has 10 nitrogen and oxygen atoms in total. The Labute approximate surface area is 270 Å². The van der Waals surface area contributed by atoms with E-state index < -0.39 is 47.3 Å². The minimum absolute atomic E-state index is 0.0313. The van der Waals surface area contributed by atoms with E-state index in [0.717, 1.165) is 5.57 Å². The number of ether oxygens (including phenoxy) is 1. The number of ketones is 2. The highest BCUT2D eigenvalue weighted by Gasteiger charge is 2.62. The van der Waals surface area contributed by atoms with Gasteiger partial charge in [-0.2, -0.15) is 0 Å². The summed E-state index contributed by atoms with van der Waals surface area (Å²) in [5.41, 5.74) is 3.02. The van der Waals surface area contributed by atoms with Gasteiger partial charge in [-0.3, -0.25) is 38.6 Å². The molecule has 2 aliphatic heterocycles. The summed E-state index contributed by atoms with van der Waals surface area (Å²) in [5, 5.41) is 10.3. The summed E-state index contributed by atoms with van der Waals surface area (Å²) in [6, 6.07) is 17.3. The summed E-state index contributed by atoms with van der Waals surface area (Å²) in [7, 11) is 1.46. The van der Waals surface area contributed by atoms with Crippen molar-refractivity contribution < 1.29 is 38.6 Å². The quantitative estimate of drug-likeness (QED) is 0.231. The predicted octanol–water partition coefficient (Wildman–Crippen LogP) is 4.85. The Kier molecular flexibility index (Phi) is 7.18. The first kappa shape index (κ1) is 30.3. The number of hydrogen-bond donors (Lipinski definition) is 1. The van der Waals surface area contributed by atoms with E-state index in [1.165, 1.54) is 42.9 Å². The molecule has 0 radical (unpaired) electrons. The van der Waals surface area contributed by atoms with Gasteiger partial charge in [0, 0.05) is 28.7 Å². The number of carbonyl (C=O) groups excluding carboxylic acids is 6. The van der Waals surface area contributed by atoms with Crippen LogP contribution < -0.4 is 14.5 Å². The average Bonchev–Trinajstić information content (AvgIpc) is 3.47. The number of allylic oxidation sites excluding steroid dienone is 2. The van der Waals surface area contributed by atoms with Gasteiger partial charge in [0.2, 0.25) is 23.6 Å². The highest BCUT2D eigenvalue weighted by molar-refractivity contribution is 6.24. The molecule has 7 rings (SSSR count). The second kappa shape index (κ2) is 11.2. The van der Waals surface area contributed by atoms with Crippen molar-refractivity contribution in [2.24, 2.45) is 29.6 Å². The SMILES string of the molecule is COc1cc(O)ccc1[C@H]1C2=CC[C@@H]3C(=O)N(c4ccc(C(C)=O)cc4)C(=O)[C@@H]3[C@@H]2C[C@H]2C(=O)N(c3ccc(C(C)=O)cc3)C(=O)[C@@H]12. The van der Waals surface area contributed by atoms with Crippen LogP contribution in [0, 0.1) is 29.6 Å². The number of hydrogen-bond acceptors (Lipinski definition) is 8. The maximum Gasteiger partial charge on any atom is 0.238 e. The zero-order chi connectivity index (χ0) is 33.3. The van der Waals surface area contributed by atoms with Crippen LogP contribution in [0.5, 0.6) is 11.5 Å². The second-order valence-corrected chi connectivity index (χ2v) is 12.7. The van der Waals surface area contributed by atoms with Crippen molar-refractivity contribution in [2.45, 2.75) is 32.6 Å². The summed E-state index contributed by atoms with van der Waals surface area (Å²) < 4.78 is 5.66. The van der Waals surface area contributed by atoms with Crippen LogP contribution in [-0.4, -0.2) is 47.4 Å². The largest absolute Gasteiger partial charge is 0.508 e. The molecule has 1 N–H and O–H groups in total. The summed E-state index contributed by atoms with van der Waals surface area (Å²) in [4.78, 5) is 82.6. The summed E-state index contributed by atoms with van der Waals surface area (Å²) >= 11 is 0. The number of aromatic hydroxyl groups is 1. The first-order valence-corrected chi connectivity index (χ1v) is 15.6. The fourth-order valence-electron chi connectivity index (χ4n) is 8.09. The Bertz CT molecular complexity index is 1910. The van der Waals surface area contributed by atoms with Crippen molar-refractivity contribution in [3.05, 3.63) is 95.1 Å². The molecular weight excluding hydrogens is 600 g/mol. The molecule has 10 heteroatoms.